The Morgan fingerprint density at radius 3 is 2.78 bits per heavy atom. The normalized spacial score (nSPS) is 16.1. The topological polar surface area (TPSA) is 53.9 Å². The zero-order valence-electron chi connectivity index (χ0n) is 13.9. The van der Waals surface area contributed by atoms with Crippen molar-refractivity contribution in [3.8, 4) is 0 Å². The number of aryl methyl sites for hydroxylation is 2. The van der Waals surface area contributed by atoms with E-state index in [1.54, 1.807) is 0 Å². The van der Waals surface area contributed by atoms with Gasteiger partial charge in [0.2, 0.25) is 0 Å². The van der Waals surface area contributed by atoms with Crippen LogP contribution in [0.15, 0.2) is 28.7 Å². The molecule has 2 N–H and O–H groups in total. The third kappa shape index (κ3) is 2.91. The standard InChI is InChI=1S/C19H23N3O/c1-11-6-15-8-18(23-19(15)7-12(11)2)13(3)20-10-16-9-17(22-21-16)14-4-5-14/h6-9,13-14,20H,4-5,10H2,1-3H3,(H,21,22). The largest absolute Gasteiger partial charge is 0.459 e. The first-order valence-corrected chi connectivity index (χ1v) is 8.38. The zero-order valence-corrected chi connectivity index (χ0v) is 13.9. The van der Waals surface area contributed by atoms with Gasteiger partial charge in [-0.05, 0) is 69.0 Å². The van der Waals surface area contributed by atoms with E-state index in [0.717, 1.165) is 23.6 Å². The van der Waals surface area contributed by atoms with Crippen LogP contribution < -0.4 is 5.32 Å². The number of aromatic amines is 1. The van der Waals surface area contributed by atoms with E-state index in [4.69, 9.17) is 4.42 Å². The Morgan fingerprint density at radius 2 is 2.00 bits per heavy atom. The number of nitrogens with one attached hydrogen (secondary N) is 2. The summed E-state index contributed by atoms with van der Waals surface area (Å²) in [4.78, 5) is 0. The molecule has 1 atom stereocenters. The molecule has 1 aromatic carbocycles. The van der Waals surface area contributed by atoms with Crippen LogP contribution in [0.25, 0.3) is 11.0 Å². The number of benzene rings is 1. The molecule has 3 aromatic rings. The lowest BCUT2D eigenvalue weighted by molar-refractivity contribution is 0.448. The van der Waals surface area contributed by atoms with E-state index in [-0.39, 0.29) is 6.04 Å². The van der Waals surface area contributed by atoms with E-state index in [9.17, 15) is 0 Å². The first kappa shape index (κ1) is 14.5. The van der Waals surface area contributed by atoms with Gasteiger partial charge in [0.1, 0.15) is 11.3 Å². The van der Waals surface area contributed by atoms with Crippen LogP contribution in [0.1, 0.15) is 60.0 Å². The van der Waals surface area contributed by atoms with Crippen LogP contribution in [-0.4, -0.2) is 10.2 Å². The van der Waals surface area contributed by atoms with Crippen molar-refractivity contribution in [2.24, 2.45) is 0 Å². The van der Waals surface area contributed by atoms with Crippen LogP contribution in [-0.2, 0) is 6.54 Å². The second kappa shape index (κ2) is 5.53. The van der Waals surface area contributed by atoms with Crippen LogP contribution in [0.2, 0.25) is 0 Å². The Kier molecular flexibility index (Phi) is 3.49. The first-order valence-electron chi connectivity index (χ1n) is 8.38. The van der Waals surface area contributed by atoms with Gasteiger partial charge >= 0.3 is 0 Å². The average molecular weight is 309 g/mol. The highest BCUT2D eigenvalue weighted by Crippen LogP contribution is 2.39. The Bertz CT molecular complexity index is 803. The monoisotopic (exact) mass is 309 g/mol. The maximum absolute atomic E-state index is 6.02. The van der Waals surface area contributed by atoms with Gasteiger partial charge in [-0.15, -0.1) is 0 Å². The van der Waals surface area contributed by atoms with E-state index in [1.165, 1.54) is 35.0 Å². The molecular weight excluding hydrogens is 286 g/mol. The smallest absolute Gasteiger partial charge is 0.134 e. The summed E-state index contributed by atoms with van der Waals surface area (Å²) in [5, 5.41) is 12.2. The number of H-pyrrole nitrogens is 1. The van der Waals surface area contributed by atoms with E-state index >= 15 is 0 Å². The molecule has 4 rings (SSSR count). The third-order valence-corrected chi connectivity index (χ3v) is 4.82. The number of nitrogens with zero attached hydrogens (tertiary/aromatic N) is 1. The van der Waals surface area contributed by atoms with Crippen molar-refractivity contribution in [1.82, 2.24) is 15.5 Å². The lowest BCUT2D eigenvalue weighted by Crippen LogP contribution is -2.17. The SMILES string of the molecule is Cc1cc2cc(C(C)NCc3cc(C4CC4)n[nH]3)oc2cc1C. The Morgan fingerprint density at radius 1 is 1.22 bits per heavy atom. The third-order valence-electron chi connectivity index (χ3n) is 4.82. The Balaban J connectivity index is 1.46. The summed E-state index contributed by atoms with van der Waals surface area (Å²) in [6, 6.07) is 8.81. The molecule has 0 saturated heterocycles. The number of furan rings is 1. The summed E-state index contributed by atoms with van der Waals surface area (Å²) in [5.41, 5.74) is 5.89. The lowest BCUT2D eigenvalue weighted by atomic mass is 10.1. The molecule has 4 nitrogen and oxygen atoms in total. The molecule has 1 unspecified atom stereocenters. The van der Waals surface area contributed by atoms with Gasteiger partial charge in [-0.25, -0.2) is 0 Å². The van der Waals surface area contributed by atoms with Gasteiger partial charge in [-0.2, -0.15) is 5.10 Å². The molecule has 1 aliphatic rings. The highest BCUT2D eigenvalue weighted by molar-refractivity contribution is 5.79. The second-order valence-electron chi connectivity index (χ2n) is 6.82. The number of fused-ring (bicyclic) bond motifs is 1. The van der Waals surface area contributed by atoms with Crippen LogP contribution in [0.4, 0.5) is 0 Å². The van der Waals surface area contributed by atoms with Crippen molar-refractivity contribution in [2.75, 3.05) is 0 Å². The first-order chi connectivity index (χ1) is 11.1. The van der Waals surface area contributed by atoms with E-state index in [1.807, 2.05) is 0 Å². The molecular formula is C19H23N3O. The van der Waals surface area contributed by atoms with Crippen LogP contribution >= 0.6 is 0 Å². The van der Waals surface area contributed by atoms with Gasteiger partial charge in [-0.1, -0.05) is 0 Å². The van der Waals surface area contributed by atoms with Crippen molar-refractivity contribution in [3.05, 3.63) is 52.5 Å². The fourth-order valence-corrected chi connectivity index (χ4v) is 2.96. The molecule has 1 aliphatic carbocycles. The summed E-state index contributed by atoms with van der Waals surface area (Å²) >= 11 is 0. The number of rotatable bonds is 5. The molecule has 1 saturated carbocycles. The van der Waals surface area contributed by atoms with Crippen molar-refractivity contribution in [2.45, 2.75) is 52.1 Å². The molecule has 0 bridgehead atoms. The van der Waals surface area contributed by atoms with Crippen LogP contribution in [0.5, 0.6) is 0 Å². The predicted octanol–water partition coefficient (Wildman–Crippen LogP) is 4.50. The molecule has 1 fully saturated rings. The Labute approximate surface area is 136 Å². The lowest BCUT2D eigenvalue weighted by Gasteiger charge is -2.09. The van der Waals surface area contributed by atoms with Crippen molar-refractivity contribution in [1.29, 1.82) is 0 Å². The quantitative estimate of drug-likeness (QED) is 0.729. The van der Waals surface area contributed by atoms with Crippen LogP contribution in [0.3, 0.4) is 0 Å². The minimum atomic E-state index is 0.163. The summed E-state index contributed by atoms with van der Waals surface area (Å²) in [5.74, 6) is 1.67. The molecule has 2 heterocycles. The van der Waals surface area contributed by atoms with Gasteiger partial charge in [0.05, 0.1) is 11.7 Å². The van der Waals surface area contributed by atoms with Crippen molar-refractivity contribution < 1.29 is 4.42 Å². The molecule has 120 valence electrons. The summed E-state index contributed by atoms with van der Waals surface area (Å²) in [6.45, 7) is 7.17. The Hall–Kier alpha value is -2.07. The zero-order chi connectivity index (χ0) is 16.0. The molecule has 23 heavy (non-hydrogen) atoms. The van der Waals surface area contributed by atoms with E-state index in [0.29, 0.717) is 5.92 Å². The fourth-order valence-electron chi connectivity index (χ4n) is 2.96. The summed E-state index contributed by atoms with van der Waals surface area (Å²) < 4.78 is 6.02. The maximum atomic E-state index is 6.02. The summed E-state index contributed by atoms with van der Waals surface area (Å²) in [6.07, 6.45) is 2.57. The molecule has 0 radical (unpaired) electrons. The minimum Gasteiger partial charge on any atom is -0.459 e. The highest BCUT2D eigenvalue weighted by Gasteiger charge is 2.26. The fraction of sp³-hybridized carbons (Fsp3) is 0.421. The van der Waals surface area contributed by atoms with Gasteiger partial charge in [0.15, 0.2) is 0 Å². The molecule has 0 amide bonds. The van der Waals surface area contributed by atoms with E-state index in [2.05, 4.69) is 60.6 Å². The average Bonchev–Trinajstić information content (AvgIpc) is 3.13. The van der Waals surface area contributed by atoms with E-state index < -0.39 is 0 Å². The molecule has 0 aliphatic heterocycles. The minimum absolute atomic E-state index is 0.163. The predicted molar refractivity (Wildman–Crippen MR) is 91.5 cm³/mol. The number of aromatic nitrogens is 2. The van der Waals surface area contributed by atoms with Gasteiger partial charge < -0.3 is 9.73 Å². The number of hydrogen-bond acceptors (Lipinski definition) is 3. The molecule has 0 spiro atoms. The summed E-state index contributed by atoms with van der Waals surface area (Å²) in [7, 11) is 0. The number of hydrogen-bond donors (Lipinski definition) is 2. The van der Waals surface area contributed by atoms with Gasteiger partial charge in [-0.3, -0.25) is 5.10 Å². The van der Waals surface area contributed by atoms with Gasteiger partial charge in [0, 0.05) is 23.5 Å². The second-order valence-corrected chi connectivity index (χ2v) is 6.82. The maximum Gasteiger partial charge on any atom is 0.134 e. The van der Waals surface area contributed by atoms with Crippen molar-refractivity contribution >= 4 is 11.0 Å². The highest BCUT2D eigenvalue weighted by atomic mass is 16.3. The van der Waals surface area contributed by atoms with Crippen molar-refractivity contribution in [3.63, 3.8) is 0 Å². The molecule has 2 aromatic heterocycles. The van der Waals surface area contributed by atoms with Crippen LogP contribution in [0, 0.1) is 13.8 Å². The molecule has 4 heteroatoms. The van der Waals surface area contributed by atoms with Gasteiger partial charge in [0.25, 0.3) is 0 Å².